The maximum atomic E-state index is 5.22. The molecule has 0 saturated heterocycles. The van der Waals surface area contributed by atoms with Crippen molar-refractivity contribution in [2.75, 3.05) is 0 Å². The minimum absolute atomic E-state index is 0.613. The third-order valence-electron chi connectivity index (χ3n) is 15.4. The van der Waals surface area contributed by atoms with Gasteiger partial charge in [0.25, 0.3) is 0 Å². The first-order valence-electron chi connectivity index (χ1n) is 26.3. The van der Waals surface area contributed by atoms with Crippen LogP contribution in [0.2, 0.25) is 0 Å². The fraction of sp³-hybridized carbons (Fsp3) is 0.0282. The van der Waals surface area contributed by atoms with E-state index in [0.717, 1.165) is 79.1 Å². The van der Waals surface area contributed by atoms with E-state index < -0.39 is 0 Å². The molecule has 0 spiro atoms. The highest BCUT2D eigenvalue weighted by molar-refractivity contribution is 6.13. The molecule has 15 rings (SSSR count). The Hall–Kier alpha value is -10.2. The lowest BCUT2D eigenvalue weighted by atomic mass is 9.99. The van der Waals surface area contributed by atoms with E-state index in [9.17, 15) is 0 Å². The Labute approximate surface area is 445 Å². The minimum Gasteiger partial charge on any atom is -0.309 e. The molecule has 6 nitrogen and oxygen atoms in total. The number of nitrogens with zero attached hydrogens (tertiary/aromatic N) is 6. The molecule has 0 bridgehead atoms. The van der Waals surface area contributed by atoms with Crippen LogP contribution < -0.4 is 0 Å². The van der Waals surface area contributed by atoms with Crippen LogP contribution in [0.15, 0.2) is 249 Å². The van der Waals surface area contributed by atoms with Crippen molar-refractivity contribution in [1.29, 1.82) is 0 Å². The molecule has 77 heavy (non-hydrogen) atoms. The van der Waals surface area contributed by atoms with Gasteiger partial charge in [-0.15, -0.1) is 0 Å². The summed E-state index contributed by atoms with van der Waals surface area (Å²) in [5, 5.41) is 6.13. The highest BCUT2D eigenvalue weighted by Gasteiger charge is 2.22. The predicted octanol–water partition coefficient (Wildman–Crippen LogP) is 18.1. The maximum Gasteiger partial charge on any atom is 0.164 e. The Morgan fingerprint density at radius 1 is 0.325 bits per heavy atom. The van der Waals surface area contributed by atoms with Crippen molar-refractivity contribution in [3.63, 3.8) is 0 Å². The minimum atomic E-state index is 0.613. The van der Waals surface area contributed by atoms with Gasteiger partial charge in [-0.05, 0) is 127 Å². The maximum absolute atomic E-state index is 5.22. The zero-order valence-electron chi connectivity index (χ0n) is 42.2. The fourth-order valence-electron chi connectivity index (χ4n) is 11.8. The highest BCUT2D eigenvalue weighted by atomic mass is 15.0. The smallest absolute Gasteiger partial charge is 0.164 e. The molecule has 6 heteroatoms. The predicted molar refractivity (Wildman–Crippen MR) is 320 cm³/mol. The lowest BCUT2D eigenvalue weighted by molar-refractivity contribution is 1.07. The summed E-state index contributed by atoms with van der Waals surface area (Å²) in [5.74, 6) is 1.88. The quantitative estimate of drug-likeness (QED) is 0.152. The Morgan fingerprint density at radius 3 is 1.44 bits per heavy atom. The second-order valence-electron chi connectivity index (χ2n) is 20.0. The van der Waals surface area contributed by atoms with Crippen molar-refractivity contribution in [1.82, 2.24) is 28.7 Å². The molecule has 0 saturated carbocycles. The lowest BCUT2D eigenvalue weighted by Gasteiger charge is -2.17. The monoisotopic (exact) mass is 984 g/mol. The van der Waals surface area contributed by atoms with Crippen molar-refractivity contribution < 1.29 is 0 Å². The average molecular weight is 985 g/mol. The number of hydrogen-bond donors (Lipinski definition) is 0. The van der Waals surface area contributed by atoms with Crippen molar-refractivity contribution in [3.05, 3.63) is 266 Å². The Kier molecular flexibility index (Phi) is 10.4. The first-order chi connectivity index (χ1) is 38.1. The van der Waals surface area contributed by atoms with Gasteiger partial charge < -0.3 is 13.7 Å². The third kappa shape index (κ3) is 7.44. The van der Waals surface area contributed by atoms with Crippen LogP contribution in [0.1, 0.15) is 23.2 Å². The molecule has 4 heterocycles. The number of allylic oxidation sites excluding steroid dienone is 2. The first-order valence-corrected chi connectivity index (χ1v) is 26.3. The highest BCUT2D eigenvalue weighted by Crippen LogP contribution is 2.42. The molecule has 10 aromatic carbocycles. The van der Waals surface area contributed by atoms with Crippen LogP contribution in [-0.4, -0.2) is 28.7 Å². The summed E-state index contributed by atoms with van der Waals surface area (Å²) in [4.78, 5) is 15.5. The molecular formula is C71H48N6. The molecular weight excluding hydrogens is 937 g/mol. The van der Waals surface area contributed by atoms with E-state index in [1.807, 2.05) is 18.2 Å². The van der Waals surface area contributed by atoms with Crippen LogP contribution in [0.5, 0.6) is 0 Å². The number of benzene rings is 10. The van der Waals surface area contributed by atoms with Crippen molar-refractivity contribution in [3.8, 4) is 73.5 Å². The largest absolute Gasteiger partial charge is 0.309 e. The van der Waals surface area contributed by atoms with Crippen LogP contribution >= 0.6 is 0 Å². The SMILES string of the molecule is Cc1cccc(-c2nc(-c3ccccc3)nc(-c3ccc(-n4c5c(c6ccccc64)C=CCC=C5)c(-c4ccc(-n5c6ccccc6c6cc(-c7ccc8c(c7)c7ccccc7n8-c7ccccc7)ccc65)cc4)c3)n2)c1. The van der Waals surface area contributed by atoms with Crippen LogP contribution in [0, 0.1) is 6.92 Å². The van der Waals surface area contributed by atoms with Gasteiger partial charge in [0.05, 0.1) is 39.0 Å². The molecule has 0 atom stereocenters. The summed E-state index contributed by atoms with van der Waals surface area (Å²) in [6, 6.07) is 85.1. The van der Waals surface area contributed by atoms with Gasteiger partial charge in [0, 0.05) is 66.1 Å². The van der Waals surface area contributed by atoms with Crippen LogP contribution in [0.25, 0.3) is 140 Å². The fourth-order valence-corrected chi connectivity index (χ4v) is 11.8. The summed E-state index contributed by atoms with van der Waals surface area (Å²) in [7, 11) is 0. The van der Waals surface area contributed by atoms with Crippen LogP contribution in [-0.2, 0) is 0 Å². The second kappa shape index (κ2) is 18.0. The topological polar surface area (TPSA) is 53.5 Å². The van der Waals surface area contributed by atoms with Crippen molar-refractivity contribution >= 4 is 66.7 Å². The summed E-state index contributed by atoms with van der Waals surface area (Å²) in [6.45, 7) is 2.10. The van der Waals surface area contributed by atoms with Gasteiger partial charge in [0.2, 0.25) is 0 Å². The Morgan fingerprint density at radius 2 is 0.805 bits per heavy atom. The molecule has 1 aliphatic carbocycles. The molecule has 4 aromatic heterocycles. The van der Waals surface area contributed by atoms with E-state index in [1.165, 1.54) is 54.7 Å². The van der Waals surface area contributed by atoms with E-state index in [-0.39, 0.29) is 0 Å². The molecule has 0 aliphatic heterocycles. The van der Waals surface area contributed by atoms with Gasteiger partial charge in [-0.2, -0.15) is 0 Å². The summed E-state index contributed by atoms with van der Waals surface area (Å²) in [6.07, 6.45) is 9.93. The molecule has 362 valence electrons. The normalized spacial score (nSPS) is 12.3. The molecule has 0 amide bonds. The Bertz CT molecular complexity index is 4710. The van der Waals surface area contributed by atoms with E-state index >= 15 is 0 Å². The van der Waals surface area contributed by atoms with Gasteiger partial charge in [-0.25, -0.2) is 15.0 Å². The summed E-state index contributed by atoms with van der Waals surface area (Å²) < 4.78 is 7.21. The first kappa shape index (κ1) is 44.3. The van der Waals surface area contributed by atoms with Crippen LogP contribution in [0.4, 0.5) is 0 Å². The number of fused-ring (bicyclic) bond motifs is 9. The van der Waals surface area contributed by atoms with Crippen molar-refractivity contribution in [2.45, 2.75) is 13.3 Å². The molecule has 14 aromatic rings. The number of hydrogen-bond acceptors (Lipinski definition) is 3. The van der Waals surface area contributed by atoms with E-state index in [0.29, 0.717) is 17.5 Å². The summed E-state index contributed by atoms with van der Waals surface area (Å²) >= 11 is 0. The van der Waals surface area contributed by atoms with E-state index in [4.69, 9.17) is 15.0 Å². The van der Waals surface area contributed by atoms with Gasteiger partial charge in [0.15, 0.2) is 17.5 Å². The van der Waals surface area contributed by atoms with Gasteiger partial charge in [-0.3, -0.25) is 0 Å². The van der Waals surface area contributed by atoms with E-state index in [2.05, 4.69) is 263 Å². The Balaban J connectivity index is 0.879. The molecule has 0 radical (unpaired) electrons. The van der Waals surface area contributed by atoms with Crippen molar-refractivity contribution in [2.24, 2.45) is 0 Å². The van der Waals surface area contributed by atoms with Gasteiger partial charge in [0.1, 0.15) is 0 Å². The number of para-hydroxylation sites is 4. The zero-order valence-corrected chi connectivity index (χ0v) is 42.2. The average Bonchev–Trinajstić information content (AvgIpc) is 4.06. The van der Waals surface area contributed by atoms with Gasteiger partial charge in [-0.1, -0.05) is 169 Å². The number of aromatic nitrogens is 6. The number of aryl methyl sites for hydroxylation is 1. The standard InChI is InChI=1S/C71H48N6/c1-46-18-17-21-51(42-46)70-72-69(48-19-5-2-6-20-48)73-71(74-70)52-36-41-66(77-64-28-10-4-9-24-55(64)56-25-11-16-31-65(56)77)59(45-52)47-32-37-54(38-33-47)76-63-30-15-13-27-58(63)61-44-50(35-40-68(61)76)49-34-39-67-60(43-49)57-26-12-14-29-62(57)75(67)53-22-7-3-8-23-53/h2-3,5-45H,4H2,1H3. The van der Waals surface area contributed by atoms with E-state index in [1.54, 1.807) is 0 Å². The molecule has 0 N–H and O–H groups in total. The third-order valence-corrected chi connectivity index (χ3v) is 15.4. The molecule has 0 unspecified atom stereocenters. The number of rotatable bonds is 8. The second-order valence-corrected chi connectivity index (χ2v) is 20.0. The lowest BCUT2D eigenvalue weighted by Crippen LogP contribution is -2.03. The molecule has 1 aliphatic rings. The molecule has 0 fully saturated rings. The van der Waals surface area contributed by atoms with Crippen LogP contribution in [0.3, 0.4) is 0 Å². The zero-order chi connectivity index (χ0) is 51.0. The summed E-state index contributed by atoms with van der Waals surface area (Å²) in [5.41, 5.74) is 20.0. The van der Waals surface area contributed by atoms with Gasteiger partial charge >= 0.3 is 0 Å².